The van der Waals surface area contributed by atoms with Crippen molar-refractivity contribution < 1.29 is 13.6 Å². The normalized spacial score (nSPS) is 19.0. The topological polar surface area (TPSA) is 60.1 Å². The summed E-state index contributed by atoms with van der Waals surface area (Å²) in [6, 6.07) is 8.69. The number of nitrogens with zero attached hydrogens (tertiary/aromatic N) is 2. The van der Waals surface area contributed by atoms with Gasteiger partial charge >= 0.3 is 0 Å². The largest absolute Gasteiger partial charge is 0.469 e. The summed E-state index contributed by atoms with van der Waals surface area (Å²) in [6.45, 7) is 2.12. The molecule has 0 spiro atoms. The van der Waals surface area contributed by atoms with Crippen molar-refractivity contribution >= 4 is 5.91 Å². The number of amides is 1. The van der Waals surface area contributed by atoms with E-state index in [1.54, 1.807) is 29.3 Å². The highest BCUT2D eigenvalue weighted by Gasteiger charge is 2.45. The molecule has 1 aromatic carbocycles. The Labute approximate surface area is 144 Å². The Morgan fingerprint density at radius 3 is 3.00 bits per heavy atom. The minimum atomic E-state index is -0.340. The van der Waals surface area contributed by atoms with E-state index in [4.69, 9.17) is 4.42 Å². The molecule has 6 heteroatoms. The molecule has 0 bridgehead atoms. The zero-order chi connectivity index (χ0) is 17.4. The van der Waals surface area contributed by atoms with Crippen molar-refractivity contribution in [2.24, 2.45) is 5.92 Å². The number of aryl methyl sites for hydroxylation is 1. The third kappa shape index (κ3) is 3.07. The maximum absolute atomic E-state index is 14.4. The van der Waals surface area contributed by atoms with Gasteiger partial charge in [-0.15, -0.1) is 0 Å². The lowest BCUT2D eigenvalue weighted by molar-refractivity contribution is -0.122. The second kappa shape index (κ2) is 6.20. The van der Waals surface area contributed by atoms with Crippen LogP contribution in [-0.4, -0.2) is 15.5 Å². The molecular formula is C19H18FN3O2. The molecule has 5 nitrogen and oxygen atoms in total. The number of carbonyl (C=O) groups is 1. The second-order valence-corrected chi connectivity index (χ2v) is 6.31. The number of furan rings is 1. The Bertz CT molecular complexity index is 901. The van der Waals surface area contributed by atoms with Crippen molar-refractivity contribution in [1.29, 1.82) is 0 Å². The van der Waals surface area contributed by atoms with Crippen LogP contribution < -0.4 is 5.32 Å². The van der Waals surface area contributed by atoms with E-state index in [2.05, 4.69) is 10.3 Å². The highest BCUT2D eigenvalue weighted by molar-refractivity contribution is 5.82. The number of aromatic nitrogens is 2. The smallest absolute Gasteiger partial charge is 0.224 e. The van der Waals surface area contributed by atoms with E-state index in [9.17, 15) is 9.18 Å². The van der Waals surface area contributed by atoms with Crippen molar-refractivity contribution in [3.63, 3.8) is 0 Å². The van der Waals surface area contributed by atoms with E-state index in [-0.39, 0.29) is 23.6 Å². The molecule has 1 aliphatic carbocycles. The molecule has 3 aromatic rings. The van der Waals surface area contributed by atoms with Gasteiger partial charge in [-0.05, 0) is 43.2 Å². The molecular weight excluding hydrogens is 321 g/mol. The number of nitrogens with one attached hydrogen (secondary N) is 1. The summed E-state index contributed by atoms with van der Waals surface area (Å²) in [5, 5.41) is 2.88. The van der Waals surface area contributed by atoms with Crippen LogP contribution in [0.2, 0.25) is 0 Å². The van der Waals surface area contributed by atoms with E-state index in [1.165, 1.54) is 6.07 Å². The van der Waals surface area contributed by atoms with Crippen LogP contribution in [0, 0.1) is 18.7 Å². The third-order valence-electron chi connectivity index (χ3n) is 4.60. The first-order valence-corrected chi connectivity index (χ1v) is 8.23. The molecule has 25 heavy (non-hydrogen) atoms. The van der Waals surface area contributed by atoms with Crippen LogP contribution in [0.4, 0.5) is 4.39 Å². The molecule has 2 heterocycles. The predicted molar refractivity (Wildman–Crippen MR) is 89.7 cm³/mol. The highest BCUT2D eigenvalue weighted by atomic mass is 19.1. The average molecular weight is 339 g/mol. The van der Waals surface area contributed by atoms with E-state index >= 15 is 0 Å². The second-order valence-electron chi connectivity index (χ2n) is 6.31. The molecule has 0 radical (unpaired) electrons. The van der Waals surface area contributed by atoms with Gasteiger partial charge in [0.2, 0.25) is 5.91 Å². The standard InChI is InChI=1S/C19H18FN3O2/c1-12-21-6-7-23(12)17-5-4-13(9-16(17)20)11-22-19(24)15-10-14(15)18-3-2-8-25-18/h2-9,14-15H,10-11H2,1H3,(H,22,24)/t14-,15+/m1/s1. The number of hydrogen-bond donors (Lipinski definition) is 1. The zero-order valence-electron chi connectivity index (χ0n) is 13.8. The summed E-state index contributed by atoms with van der Waals surface area (Å²) in [5.41, 5.74) is 1.17. The number of carbonyl (C=O) groups excluding carboxylic acids is 1. The Kier molecular flexibility index (Phi) is 3.87. The SMILES string of the molecule is Cc1nccn1-c1ccc(CNC(=O)[C@H]2C[C@H]2c2ccco2)cc1F. The van der Waals surface area contributed by atoms with Crippen molar-refractivity contribution in [3.8, 4) is 5.69 Å². The van der Waals surface area contributed by atoms with Gasteiger partial charge in [0.15, 0.2) is 0 Å². The maximum atomic E-state index is 14.4. The van der Waals surface area contributed by atoms with Gasteiger partial charge in [-0.2, -0.15) is 0 Å². The van der Waals surface area contributed by atoms with Crippen LogP contribution in [0.1, 0.15) is 29.5 Å². The first kappa shape index (κ1) is 15.6. The van der Waals surface area contributed by atoms with Crippen molar-refractivity contribution in [2.75, 3.05) is 0 Å². The number of halogens is 1. The fourth-order valence-corrected chi connectivity index (χ4v) is 3.11. The molecule has 1 N–H and O–H groups in total. The lowest BCUT2D eigenvalue weighted by Crippen LogP contribution is -2.25. The summed E-state index contributed by atoms with van der Waals surface area (Å²) < 4.78 is 21.4. The van der Waals surface area contributed by atoms with Gasteiger partial charge < -0.3 is 14.3 Å². The van der Waals surface area contributed by atoms with E-state index in [1.807, 2.05) is 25.1 Å². The molecule has 0 aliphatic heterocycles. The van der Waals surface area contributed by atoms with E-state index < -0.39 is 0 Å². The van der Waals surface area contributed by atoms with Crippen LogP contribution in [0.3, 0.4) is 0 Å². The number of imidazole rings is 1. The minimum Gasteiger partial charge on any atom is -0.469 e. The highest BCUT2D eigenvalue weighted by Crippen LogP contribution is 2.47. The first-order chi connectivity index (χ1) is 12.1. The molecule has 1 amide bonds. The van der Waals surface area contributed by atoms with Crippen molar-refractivity contribution in [1.82, 2.24) is 14.9 Å². The molecule has 1 fully saturated rings. The maximum Gasteiger partial charge on any atom is 0.224 e. The average Bonchev–Trinajstić information content (AvgIpc) is 3.01. The Morgan fingerprint density at radius 1 is 1.44 bits per heavy atom. The molecule has 0 saturated heterocycles. The van der Waals surface area contributed by atoms with Gasteiger partial charge in [0.25, 0.3) is 0 Å². The van der Waals surface area contributed by atoms with Crippen LogP contribution in [0.15, 0.2) is 53.4 Å². The van der Waals surface area contributed by atoms with Crippen LogP contribution >= 0.6 is 0 Å². The molecule has 1 aliphatic rings. The fourth-order valence-electron chi connectivity index (χ4n) is 3.11. The zero-order valence-corrected chi connectivity index (χ0v) is 13.8. The third-order valence-corrected chi connectivity index (χ3v) is 4.60. The molecule has 2 aromatic heterocycles. The summed E-state index contributed by atoms with van der Waals surface area (Å²) in [4.78, 5) is 16.3. The van der Waals surface area contributed by atoms with Gasteiger partial charge in [0.05, 0.1) is 12.0 Å². The van der Waals surface area contributed by atoms with Gasteiger partial charge in [-0.1, -0.05) is 6.07 Å². The van der Waals surface area contributed by atoms with Gasteiger partial charge in [-0.3, -0.25) is 4.79 Å². The number of rotatable bonds is 5. The summed E-state index contributed by atoms with van der Waals surface area (Å²) in [5.74, 6) is 1.33. The van der Waals surface area contributed by atoms with Crippen molar-refractivity contribution in [3.05, 3.63) is 72.0 Å². The predicted octanol–water partition coefficient (Wildman–Crippen LogP) is 3.33. The lowest BCUT2D eigenvalue weighted by atomic mass is 10.2. The molecule has 2 atom stereocenters. The molecule has 128 valence electrons. The lowest BCUT2D eigenvalue weighted by Gasteiger charge is -2.09. The summed E-state index contributed by atoms with van der Waals surface area (Å²) >= 11 is 0. The summed E-state index contributed by atoms with van der Waals surface area (Å²) in [7, 11) is 0. The van der Waals surface area contributed by atoms with Crippen LogP contribution in [0.25, 0.3) is 5.69 Å². The molecule has 4 rings (SSSR count). The summed E-state index contributed by atoms with van der Waals surface area (Å²) in [6.07, 6.45) is 5.77. The minimum absolute atomic E-state index is 0.0173. The number of hydrogen-bond acceptors (Lipinski definition) is 3. The number of benzene rings is 1. The van der Waals surface area contributed by atoms with E-state index in [0.29, 0.717) is 12.2 Å². The van der Waals surface area contributed by atoms with Gasteiger partial charge in [-0.25, -0.2) is 9.37 Å². The molecule has 0 unspecified atom stereocenters. The quantitative estimate of drug-likeness (QED) is 0.776. The van der Waals surface area contributed by atoms with Gasteiger partial charge in [0.1, 0.15) is 17.4 Å². The Morgan fingerprint density at radius 2 is 2.32 bits per heavy atom. The van der Waals surface area contributed by atoms with Crippen molar-refractivity contribution in [2.45, 2.75) is 25.8 Å². The molecule has 1 saturated carbocycles. The van der Waals surface area contributed by atoms with Gasteiger partial charge in [0, 0.05) is 30.8 Å². The Hall–Kier alpha value is -2.89. The van der Waals surface area contributed by atoms with Crippen LogP contribution in [0.5, 0.6) is 0 Å². The first-order valence-electron chi connectivity index (χ1n) is 8.23. The van der Waals surface area contributed by atoms with Crippen LogP contribution in [-0.2, 0) is 11.3 Å². The fraction of sp³-hybridized carbons (Fsp3) is 0.263. The monoisotopic (exact) mass is 339 g/mol. The van der Waals surface area contributed by atoms with E-state index in [0.717, 1.165) is 23.6 Å². The Balaban J connectivity index is 1.38.